The number of likely N-dealkylation sites (N-methyl/N-ethyl adjacent to an activating group) is 2. The summed E-state index contributed by atoms with van der Waals surface area (Å²) in [5.41, 5.74) is 2.82. The second-order valence-corrected chi connectivity index (χ2v) is 8.94. The van der Waals surface area contributed by atoms with Crippen molar-refractivity contribution in [2.24, 2.45) is 0 Å². The standard InChI is InChI=1S/C20H25FN4O2S/c1-14-5-7-17-19(11-14)25(28(4,26)27)23-20(17)16-8-6-15(12-18(16)21)13-24(3)10-9-22-2/h5-8,11-12,22H,9-10,13H2,1-4H3. The molecule has 0 aliphatic heterocycles. The zero-order valence-electron chi connectivity index (χ0n) is 16.5. The summed E-state index contributed by atoms with van der Waals surface area (Å²) in [6.45, 7) is 4.20. The minimum atomic E-state index is -3.61. The van der Waals surface area contributed by atoms with Gasteiger partial charge in [-0.25, -0.2) is 12.8 Å². The molecule has 0 unspecified atom stereocenters. The Morgan fingerprint density at radius 3 is 2.61 bits per heavy atom. The van der Waals surface area contributed by atoms with Gasteiger partial charge in [0.25, 0.3) is 10.0 Å². The number of nitrogens with one attached hydrogen (secondary N) is 1. The van der Waals surface area contributed by atoms with Crippen LogP contribution in [-0.2, 0) is 16.6 Å². The van der Waals surface area contributed by atoms with Crippen LogP contribution in [0, 0.1) is 12.7 Å². The van der Waals surface area contributed by atoms with Crippen LogP contribution >= 0.6 is 0 Å². The van der Waals surface area contributed by atoms with Gasteiger partial charge in [-0.05, 0) is 50.3 Å². The first kappa shape index (κ1) is 20.4. The van der Waals surface area contributed by atoms with Gasteiger partial charge >= 0.3 is 0 Å². The summed E-state index contributed by atoms with van der Waals surface area (Å²) in [5, 5.41) is 7.93. The van der Waals surface area contributed by atoms with E-state index in [0.29, 0.717) is 23.1 Å². The fourth-order valence-corrected chi connectivity index (χ4v) is 3.93. The van der Waals surface area contributed by atoms with Gasteiger partial charge in [-0.15, -0.1) is 0 Å². The molecule has 0 amide bonds. The number of benzene rings is 2. The molecule has 0 saturated heterocycles. The molecule has 3 rings (SSSR count). The van der Waals surface area contributed by atoms with Crippen LogP contribution in [0.3, 0.4) is 0 Å². The van der Waals surface area contributed by atoms with Gasteiger partial charge in [-0.3, -0.25) is 0 Å². The van der Waals surface area contributed by atoms with E-state index in [1.165, 1.54) is 6.07 Å². The van der Waals surface area contributed by atoms with Gasteiger partial charge in [0.05, 0.1) is 11.8 Å². The Bertz CT molecular complexity index is 1110. The van der Waals surface area contributed by atoms with Gasteiger partial charge < -0.3 is 10.2 Å². The number of hydrogen-bond donors (Lipinski definition) is 1. The fourth-order valence-electron chi connectivity index (χ4n) is 3.19. The normalized spacial score (nSPS) is 12.2. The summed E-state index contributed by atoms with van der Waals surface area (Å²) >= 11 is 0. The van der Waals surface area contributed by atoms with Gasteiger partial charge in [0, 0.05) is 30.6 Å². The van der Waals surface area contributed by atoms with Crippen molar-refractivity contribution in [3.05, 3.63) is 53.3 Å². The Labute approximate surface area is 165 Å². The zero-order chi connectivity index (χ0) is 20.5. The molecule has 1 heterocycles. The maximum atomic E-state index is 14.9. The van der Waals surface area contributed by atoms with E-state index in [2.05, 4.69) is 15.3 Å². The molecule has 1 aromatic heterocycles. The number of hydrogen-bond acceptors (Lipinski definition) is 5. The van der Waals surface area contributed by atoms with Crippen molar-refractivity contribution in [1.82, 2.24) is 19.4 Å². The van der Waals surface area contributed by atoms with E-state index in [1.807, 2.05) is 33.2 Å². The molecular formula is C20H25FN4O2S. The van der Waals surface area contributed by atoms with E-state index < -0.39 is 15.8 Å². The smallest absolute Gasteiger partial charge is 0.251 e. The SMILES string of the molecule is CNCCN(C)Cc1ccc(-c2nn(S(C)(=O)=O)c3cc(C)ccc23)c(F)c1. The van der Waals surface area contributed by atoms with Crippen LogP contribution in [-0.4, -0.2) is 55.9 Å². The number of nitrogens with zero attached hydrogens (tertiary/aromatic N) is 3. The molecule has 2 aromatic carbocycles. The van der Waals surface area contributed by atoms with E-state index in [1.54, 1.807) is 18.2 Å². The average molecular weight is 405 g/mol. The first-order valence-electron chi connectivity index (χ1n) is 9.02. The number of aromatic nitrogens is 2. The second-order valence-electron chi connectivity index (χ2n) is 7.13. The Balaban J connectivity index is 2.03. The predicted octanol–water partition coefficient (Wildman–Crippen LogP) is 2.61. The van der Waals surface area contributed by atoms with Crippen LogP contribution in [0.25, 0.3) is 22.2 Å². The molecule has 0 atom stereocenters. The van der Waals surface area contributed by atoms with E-state index in [9.17, 15) is 12.8 Å². The highest BCUT2D eigenvalue weighted by Gasteiger charge is 2.20. The summed E-state index contributed by atoms with van der Waals surface area (Å²) < 4.78 is 40.2. The van der Waals surface area contributed by atoms with Gasteiger partial charge in [0.2, 0.25) is 0 Å². The minimum Gasteiger partial charge on any atom is -0.318 e. The third-order valence-corrected chi connectivity index (χ3v) is 5.51. The van der Waals surface area contributed by atoms with Crippen molar-refractivity contribution in [2.75, 3.05) is 33.4 Å². The van der Waals surface area contributed by atoms with Crippen LogP contribution in [0.2, 0.25) is 0 Å². The molecule has 0 saturated carbocycles. The summed E-state index contributed by atoms with van der Waals surface area (Å²) in [7, 11) is 0.263. The molecule has 8 heteroatoms. The molecule has 28 heavy (non-hydrogen) atoms. The lowest BCUT2D eigenvalue weighted by Gasteiger charge is -2.16. The molecule has 3 aromatic rings. The van der Waals surface area contributed by atoms with Gasteiger partial charge in [0.15, 0.2) is 0 Å². The van der Waals surface area contributed by atoms with Crippen molar-refractivity contribution in [3.8, 4) is 11.3 Å². The molecule has 1 N–H and O–H groups in total. The lowest BCUT2D eigenvalue weighted by atomic mass is 10.0. The van der Waals surface area contributed by atoms with Gasteiger partial charge in [-0.2, -0.15) is 9.19 Å². The van der Waals surface area contributed by atoms with E-state index in [0.717, 1.165) is 34.6 Å². The zero-order valence-corrected chi connectivity index (χ0v) is 17.3. The molecule has 0 spiro atoms. The lowest BCUT2D eigenvalue weighted by molar-refractivity contribution is 0.327. The number of halogens is 1. The highest BCUT2D eigenvalue weighted by atomic mass is 32.2. The quantitative estimate of drug-likeness (QED) is 0.656. The highest BCUT2D eigenvalue weighted by molar-refractivity contribution is 7.89. The average Bonchev–Trinajstić information content (AvgIpc) is 2.99. The second kappa shape index (κ2) is 7.98. The molecule has 6 nitrogen and oxygen atoms in total. The third-order valence-electron chi connectivity index (χ3n) is 4.60. The van der Waals surface area contributed by atoms with Crippen LogP contribution < -0.4 is 5.32 Å². The Hall–Kier alpha value is -2.29. The number of fused-ring (bicyclic) bond motifs is 1. The van der Waals surface area contributed by atoms with E-state index in [-0.39, 0.29) is 5.56 Å². The highest BCUT2D eigenvalue weighted by Crippen LogP contribution is 2.31. The van der Waals surface area contributed by atoms with Crippen molar-refractivity contribution in [2.45, 2.75) is 13.5 Å². The fraction of sp³-hybridized carbons (Fsp3) is 0.350. The topological polar surface area (TPSA) is 67.2 Å². The minimum absolute atomic E-state index is 0.290. The Morgan fingerprint density at radius 1 is 1.21 bits per heavy atom. The molecule has 0 aliphatic carbocycles. The van der Waals surface area contributed by atoms with Crippen molar-refractivity contribution in [3.63, 3.8) is 0 Å². The van der Waals surface area contributed by atoms with Crippen LogP contribution in [0.4, 0.5) is 4.39 Å². The van der Waals surface area contributed by atoms with Crippen molar-refractivity contribution < 1.29 is 12.8 Å². The van der Waals surface area contributed by atoms with Crippen molar-refractivity contribution in [1.29, 1.82) is 0 Å². The largest absolute Gasteiger partial charge is 0.318 e. The van der Waals surface area contributed by atoms with Crippen molar-refractivity contribution >= 4 is 20.9 Å². The summed E-state index contributed by atoms with van der Waals surface area (Å²) in [6, 6.07) is 10.4. The maximum Gasteiger partial charge on any atom is 0.251 e. The first-order chi connectivity index (χ1) is 13.2. The monoisotopic (exact) mass is 404 g/mol. The van der Waals surface area contributed by atoms with Crippen LogP contribution in [0.1, 0.15) is 11.1 Å². The molecule has 150 valence electrons. The molecular weight excluding hydrogens is 379 g/mol. The Kier molecular flexibility index (Phi) is 5.83. The summed E-state index contributed by atoms with van der Waals surface area (Å²) in [6.07, 6.45) is 1.09. The van der Waals surface area contributed by atoms with E-state index in [4.69, 9.17) is 0 Å². The predicted molar refractivity (Wildman–Crippen MR) is 110 cm³/mol. The first-order valence-corrected chi connectivity index (χ1v) is 10.9. The summed E-state index contributed by atoms with van der Waals surface area (Å²) in [4.78, 5) is 2.10. The molecule has 0 bridgehead atoms. The molecule has 0 radical (unpaired) electrons. The third kappa shape index (κ3) is 4.24. The Morgan fingerprint density at radius 2 is 1.96 bits per heavy atom. The maximum absolute atomic E-state index is 14.9. The van der Waals surface area contributed by atoms with Gasteiger partial charge in [-0.1, -0.05) is 18.2 Å². The molecule has 0 aliphatic rings. The van der Waals surface area contributed by atoms with Crippen LogP contribution in [0.5, 0.6) is 0 Å². The van der Waals surface area contributed by atoms with Crippen LogP contribution in [0.15, 0.2) is 36.4 Å². The number of rotatable bonds is 7. The molecule has 0 fully saturated rings. The lowest BCUT2D eigenvalue weighted by Crippen LogP contribution is -2.26. The van der Waals surface area contributed by atoms with E-state index >= 15 is 0 Å². The number of aryl methyl sites for hydroxylation is 1. The van der Waals surface area contributed by atoms with Gasteiger partial charge in [0.1, 0.15) is 11.5 Å². The summed E-state index contributed by atoms with van der Waals surface area (Å²) in [5.74, 6) is -0.417.